The van der Waals surface area contributed by atoms with Crippen molar-refractivity contribution in [3.05, 3.63) is 0 Å². The molecule has 0 saturated heterocycles. The van der Waals surface area contributed by atoms with E-state index >= 15 is 0 Å². The number of hydrogen-bond donors (Lipinski definition) is 1. The van der Waals surface area contributed by atoms with Gasteiger partial charge in [0.05, 0.1) is 11.5 Å². The molecule has 0 amide bonds. The van der Waals surface area contributed by atoms with E-state index in [1.807, 2.05) is 13.8 Å². The zero-order chi connectivity index (χ0) is 15.4. The van der Waals surface area contributed by atoms with Gasteiger partial charge in [-0.05, 0) is 72.6 Å². The maximum absolute atomic E-state index is 8.95. The van der Waals surface area contributed by atoms with Crippen molar-refractivity contribution < 1.29 is 0 Å². The average molecular weight is 281 g/mol. The van der Waals surface area contributed by atoms with E-state index in [0.717, 1.165) is 32.5 Å². The van der Waals surface area contributed by atoms with E-state index in [9.17, 15) is 0 Å². The molecule has 0 aliphatic rings. The quantitative estimate of drug-likeness (QED) is 0.553. The van der Waals surface area contributed by atoms with Crippen LogP contribution in [0.5, 0.6) is 0 Å². The summed E-state index contributed by atoms with van der Waals surface area (Å²) in [6, 6.07) is 2.97. The zero-order valence-corrected chi connectivity index (χ0v) is 14.3. The molecule has 20 heavy (non-hydrogen) atoms. The molecule has 0 spiro atoms. The first kappa shape index (κ1) is 19.4. The minimum Gasteiger partial charge on any atom is -0.314 e. The predicted molar refractivity (Wildman–Crippen MR) is 87.7 cm³/mol. The normalized spacial score (nSPS) is 13.4. The second kappa shape index (κ2) is 11.1. The highest BCUT2D eigenvalue weighted by Gasteiger charge is 2.15. The molecule has 0 saturated carbocycles. The Morgan fingerprint density at radius 3 is 2.35 bits per heavy atom. The van der Waals surface area contributed by atoms with Crippen molar-refractivity contribution in [3.8, 4) is 6.07 Å². The lowest BCUT2D eigenvalue weighted by Crippen LogP contribution is -2.29. The van der Waals surface area contributed by atoms with Crippen LogP contribution in [0.2, 0.25) is 0 Å². The van der Waals surface area contributed by atoms with Crippen molar-refractivity contribution in [1.82, 2.24) is 10.2 Å². The number of unbranched alkanes of at least 4 members (excludes halogenated alkanes) is 1. The average Bonchev–Trinajstić information content (AvgIpc) is 2.43. The van der Waals surface area contributed by atoms with Gasteiger partial charge in [-0.2, -0.15) is 5.26 Å². The Morgan fingerprint density at radius 2 is 1.80 bits per heavy atom. The van der Waals surface area contributed by atoms with Crippen LogP contribution < -0.4 is 5.32 Å². The van der Waals surface area contributed by atoms with Crippen LogP contribution in [0.25, 0.3) is 0 Å². The largest absolute Gasteiger partial charge is 0.314 e. The van der Waals surface area contributed by atoms with Crippen LogP contribution in [-0.2, 0) is 0 Å². The Kier molecular flexibility index (Phi) is 10.8. The monoisotopic (exact) mass is 281 g/mol. The van der Waals surface area contributed by atoms with Crippen molar-refractivity contribution in [1.29, 1.82) is 5.26 Å². The van der Waals surface area contributed by atoms with Gasteiger partial charge in [-0.25, -0.2) is 0 Å². The van der Waals surface area contributed by atoms with E-state index in [2.05, 4.69) is 37.1 Å². The minimum atomic E-state index is -0.157. The second-order valence-electron chi connectivity index (χ2n) is 6.48. The minimum absolute atomic E-state index is 0.157. The van der Waals surface area contributed by atoms with Gasteiger partial charge in [0, 0.05) is 6.04 Å². The molecule has 0 aliphatic carbocycles. The molecule has 1 atom stereocenters. The number of nitrogens with zero attached hydrogens (tertiary/aromatic N) is 2. The van der Waals surface area contributed by atoms with Gasteiger partial charge < -0.3 is 10.2 Å². The maximum atomic E-state index is 8.95. The van der Waals surface area contributed by atoms with Crippen molar-refractivity contribution >= 4 is 0 Å². The molecule has 3 nitrogen and oxygen atoms in total. The molecule has 0 bridgehead atoms. The number of rotatable bonds is 12. The van der Waals surface area contributed by atoms with E-state index < -0.39 is 0 Å². The van der Waals surface area contributed by atoms with Gasteiger partial charge in [0.25, 0.3) is 0 Å². The van der Waals surface area contributed by atoms with E-state index in [4.69, 9.17) is 5.26 Å². The summed E-state index contributed by atoms with van der Waals surface area (Å²) in [4.78, 5) is 2.48. The van der Waals surface area contributed by atoms with Crippen LogP contribution in [0.1, 0.15) is 66.7 Å². The summed E-state index contributed by atoms with van der Waals surface area (Å²) in [5.41, 5.74) is -0.157. The van der Waals surface area contributed by atoms with Crippen LogP contribution in [0.4, 0.5) is 0 Å². The van der Waals surface area contributed by atoms with Crippen LogP contribution in [0.15, 0.2) is 0 Å². The summed E-state index contributed by atoms with van der Waals surface area (Å²) in [6.07, 6.45) is 5.84. The SMILES string of the molecule is CCN(CC)CCCC(C)NCCCCC(C)(C)C#N. The Balaban J connectivity index is 3.50. The Bertz CT molecular complexity index is 264. The fourth-order valence-electron chi connectivity index (χ4n) is 2.36. The van der Waals surface area contributed by atoms with Crippen molar-refractivity contribution in [2.75, 3.05) is 26.2 Å². The smallest absolute Gasteiger partial charge is 0.0683 e. The first-order valence-corrected chi connectivity index (χ1v) is 8.32. The maximum Gasteiger partial charge on any atom is 0.0683 e. The molecule has 0 radical (unpaired) electrons. The molecule has 1 unspecified atom stereocenters. The van der Waals surface area contributed by atoms with E-state index in [1.54, 1.807) is 0 Å². The number of hydrogen-bond acceptors (Lipinski definition) is 3. The Hall–Kier alpha value is -0.590. The third-order valence-electron chi connectivity index (χ3n) is 4.03. The van der Waals surface area contributed by atoms with Gasteiger partial charge in [0.2, 0.25) is 0 Å². The summed E-state index contributed by atoms with van der Waals surface area (Å²) >= 11 is 0. The van der Waals surface area contributed by atoms with Crippen LogP contribution >= 0.6 is 0 Å². The van der Waals surface area contributed by atoms with Gasteiger partial charge in [-0.1, -0.05) is 20.3 Å². The van der Waals surface area contributed by atoms with Crippen LogP contribution in [0, 0.1) is 16.7 Å². The predicted octanol–water partition coefficient (Wildman–Crippen LogP) is 3.81. The zero-order valence-electron chi connectivity index (χ0n) is 14.3. The first-order chi connectivity index (χ1) is 9.45. The van der Waals surface area contributed by atoms with Gasteiger partial charge in [-0.15, -0.1) is 0 Å². The Morgan fingerprint density at radius 1 is 1.15 bits per heavy atom. The highest BCUT2D eigenvalue weighted by atomic mass is 15.1. The van der Waals surface area contributed by atoms with Crippen LogP contribution in [-0.4, -0.2) is 37.1 Å². The fraction of sp³-hybridized carbons (Fsp3) is 0.941. The van der Waals surface area contributed by atoms with Gasteiger partial charge >= 0.3 is 0 Å². The van der Waals surface area contributed by atoms with Crippen molar-refractivity contribution in [3.63, 3.8) is 0 Å². The standard InChI is InChI=1S/C17H35N3/c1-6-20(7-2)14-10-11-16(3)19-13-9-8-12-17(4,5)15-18/h16,19H,6-14H2,1-5H3. The summed E-state index contributed by atoms with van der Waals surface area (Å²) in [7, 11) is 0. The molecule has 0 aromatic rings. The lowest BCUT2D eigenvalue weighted by atomic mass is 9.89. The number of nitriles is 1. The molecular formula is C17H35N3. The third kappa shape index (κ3) is 10.2. The first-order valence-electron chi connectivity index (χ1n) is 8.32. The molecule has 0 aromatic carbocycles. The van der Waals surface area contributed by atoms with Crippen molar-refractivity contribution in [2.45, 2.75) is 72.8 Å². The fourth-order valence-corrected chi connectivity index (χ4v) is 2.36. The molecule has 0 heterocycles. The van der Waals surface area contributed by atoms with Gasteiger partial charge in [-0.3, -0.25) is 0 Å². The molecular weight excluding hydrogens is 246 g/mol. The molecule has 0 aromatic heterocycles. The lowest BCUT2D eigenvalue weighted by Gasteiger charge is -2.20. The highest BCUT2D eigenvalue weighted by molar-refractivity contribution is 4.91. The lowest BCUT2D eigenvalue weighted by molar-refractivity contribution is 0.290. The van der Waals surface area contributed by atoms with E-state index in [-0.39, 0.29) is 5.41 Å². The summed E-state index contributed by atoms with van der Waals surface area (Å²) in [5.74, 6) is 0. The van der Waals surface area contributed by atoms with Crippen molar-refractivity contribution in [2.24, 2.45) is 5.41 Å². The topological polar surface area (TPSA) is 39.1 Å². The molecule has 3 heteroatoms. The molecule has 0 rings (SSSR count). The van der Waals surface area contributed by atoms with E-state index in [1.165, 1.54) is 25.8 Å². The molecule has 1 N–H and O–H groups in total. The van der Waals surface area contributed by atoms with Gasteiger partial charge in [0.1, 0.15) is 0 Å². The highest BCUT2D eigenvalue weighted by Crippen LogP contribution is 2.21. The Labute approximate surface area is 126 Å². The van der Waals surface area contributed by atoms with Gasteiger partial charge in [0.15, 0.2) is 0 Å². The van der Waals surface area contributed by atoms with Crippen LogP contribution in [0.3, 0.4) is 0 Å². The molecule has 0 aliphatic heterocycles. The second-order valence-corrected chi connectivity index (χ2v) is 6.48. The molecule has 0 fully saturated rings. The summed E-state index contributed by atoms with van der Waals surface area (Å²) in [5, 5.41) is 12.5. The van der Waals surface area contributed by atoms with E-state index in [0.29, 0.717) is 6.04 Å². The number of nitrogens with one attached hydrogen (secondary N) is 1. The summed E-state index contributed by atoms with van der Waals surface area (Å²) < 4.78 is 0. The third-order valence-corrected chi connectivity index (χ3v) is 4.03. The molecule has 118 valence electrons. The summed E-state index contributed by atoms with van der Waals surface area (Å²) in [6.45, 7) is 15.4.